The molecule has 0 spiro atoms. The standard InChI is InChI=1S/C32H37FO4.C32H38O4.C31H35FO3/c1-4-5-6-8-24-10-12-25(13-11-24)26-14-16-29(30(33)22-26)27-15-17-31(36-20-18-34)28(21-27)9-7-19-37-32(35)23(2)3;1-4-5-6-8-25-10-12-26(13-11-25)27-14-16-28(17-15-27)29-18-19-31(35-22-20-33)30(23-29)9-7-21-36-32(34)24(2)3;1-4-5-6-7-23-8-10-24(11-9-23)26-14-15-29(30(32)21-26)28-13-12-25(16-18-33)27(20-28)17-19-35-31(34)22(2)3/h10-17,21-22,34H,2,4-9,18-20H2,1,3H3;10-19,23,33H,2,4-9,20-22H2,1,3H3;8-15,20-21,33H,2,4-7,16-19H2,1,3H3. The van der Waals surface area contributed by atoms with Gasteiger partial charge < -0.3 is 39.0 Å². The first-order valence-corrected chi connectivity index (χ1v) is 38.3. The minimum Gasteiger partial charge on any atom is -0.491 e. The van der Waals surface area contributed by atoms with Gasteiger partial charge in [-0.1, -0.05) is 231 Å². The van der Waals surface area contributed by atoms with Gasteiger partial charge >= 0.3 is 17.9 Å². The second kappa shape index (κ2) is 46.2. The number of ether oxygens (including phenoxy) is 5. The fourth-order valence-corrected chi connectivity index (χ4v) is 12.4. The van der Waals surface area contributed by atoms with Crippen molar-refractivity contribution in [1.82, 2.24) is 0 Å². The summed E-state index contributed by atoms with van der Waals surface area (Å²) in [4.78, 5) is 34.9. The Morgan fingerprint density at radius 2 is 0.620 bits per heavy atom. The van der Waals surface area contributed by atoms with E-state index in [-0.39, 0.29) is 63.9 Å². The van der Waals surface area contributed by atoms with Gasteiger partial charge in [0.05, 0.1) is 33.0 Å². The van der Waals surface area contributed by atoms with Crippen LogP contribution < -0.4 is 9.47 Å². The highest BCUT2D eigenvalue weighted by atomic mass is 19.1. The maximum Gasteiger partial charge on any atom is 0.333 e. The average Bonchev–Trinajstić information content (AvgIpc) is 0.816. The number of benzene rings is 9. The van der Waals surface area contributed by atoms with Crippen molar-refractivity contribution in [2.75, 3.05) is 52.9 Å². The molecule has 0 radical (unpaired) electrons. The van der Waals surface area contributed by atoms with Gasteiger partial charge in [-0.05, 0) is 222 Å². The average molecular weight is 1470 g/mol. The molecule has 0 aliphatic carbocycles. The van der Waals surface area contributed by atoms with E-state index in [1.54, 1.807) is 39.0 Å². The molecule has 570 valence electrons. The fraction of sp³-hybridized carbons (Fsp3) is 0.337. The van der Waals surface area contributed by atoms with Crippen LogP contribution >= 0.6 is 0 Å². The van der Waals surface area contributed by atoms with Crippen LogP contribution in [0.3, 0.4) is 0 Å². The first kappa shape index (κ1) is 85.2. The summed E-state index contributed by atoms with van der Waals surface area (Å²) in [5, 5.41) is 27.7. The van der Waals surface area contributed by atoms with E-state index >= 15 is 8.78 Å². The van der Waals surface area contributed by atoms with E-state index in [1.165, 1.54) is 85.6 Å². The summed E-state index contributed by atoms with van der Waals surface area (Å²) in [5.74, 6) is -0.431. The minimum absolute atomic E-state index is 0.0123. The molecule has 0 aliphatic rings. The SMILES string of the molecule is C=C(C)C(=O)OCCCc1cc(-c2ccc(-c3ccc(CCCCC)cc3)cc2)ccc1OCCO.C=C(C)C(=O)OCCCc1cc(-c2ccc(-c3ccc(CCCCC)cc3)cc2F)ccc1OCCO.C=C(C)C(=O)OCCc1cc(-c2ccc(-c3ccc(CCCCC)cc3)cc2F)ccc1CCO. The number of unbranched alkanes of at least 4 members (excludes halogenated alkanes) is 6. The van der Waals surface area contributed by atoms with E-state index < -0.39 is 11.9 Å². The molecule has 0 saturated heterocycles. The van der Waals surface area contributed by atoms with Gasteiger partial charge in [-0.25, -0.2) is 23.2 Å². The van der Waals surface area contributed by atoms with Gasteiger partial charge in [-0.3, -0.25) is 0 Å². The minimum atomic E-state index is -0.430. The molecule has 108 heavy (non-hydrogen) atoms. The van der Waals surface area contributed by atoms with Crippen molar-refractivity contribution in [3.05, 3.63) is 275 Å². The molecule has 3 N–H and O–H groups in total. The monoisotopic (exact) mass is 1460 g/mol. The Morgan fingerprint density at radius 3 is 0.981 bits per heavy atom. The number of rotatable bonds is 40. The maximum atomic E-state index is 15.3. The molecule has 0 amide bonds. The van der Waals surface area contributed by atoms with Crippen LogP contribution in [-0.2, 0) is 73.5 Å². The highest BCUT2D eigenvalue weighted by Gasteiger charge is 2.17. The third-order valence-corrected chi connectivity index (χ3v) is 18.6. The quantitative estimate of drug-likeness (QED) is 0.0145. The molecule has 0 atom stereocenters. The number of halogens is 2. The first-order chi connectivity index (χ1) is 52.4. The lowest BCUT2D eigenvalue weighted by Gasteiger charge is -2.14. The number of carbonyl (C=O) groups excluding carboxylic acids is 3. The van der Waals surface area contributed by atoms with E-state index in [2.05, 4.69) is 144 Å². The molecule has 0 fully saturated rings. The van der Waals surface area contributed by atoms with Gasteiger partial charge in [-0.2, -0.15) is 0 Å². The van der Waals surface area contributed by atoms with Gasteiger partial charge in [0, 0.05) is 40.9 Å². The molecule has 9 aromatic rings. The van der Waals surface area contributed by atoms with Crippen LogP contribution in [0.15, 0.2) is 225 Å². The molecular formula is C95H110F2O11. The van der Waals surface area contributed by atoms with Crippen LogP contribution in [0.25, 0.3) is 66.8 Å². The van der Waals surface area contributed by atoms with Gasteiger partial charge in [0.1, 0.15) is 36.3 Å². The molecule has 0 unspecified atom stereocenters. The molecule has 9 aromatic carbocycles. The smallest absolute Gasteiger partial charge is 0.333 e. The Kier molecular flexibility index (Phi) is 36.5. The maximum absolute atomic E-state index is 15.3. The number of carbonyl (C=O) groups is 3. The van der Waals surface area contributed by atoms with Crippen molar-refractivity contribution in [2.24, 2.45) is 0 Å². The lowest BCUT2D eigenvalue weighted by atomic mass is 9.94. The Labute approximate surface area is 640 Å². The molecular weight excluding hydrogens is 1360 g/mol. The van der Waals surface area contributed by atoms with Crippen molar-refractivity contribution in [1.29, 1.82) is 0 Å². The molecule has 0 bridgehead atoms. The predicted molar refractivity (Wildman–Crippen MR) is 435 cm³/mol. The van der Waals surface area contributed by atoms with Crippen molar-refractivity contribution in [3.63, 3.8) is 0 Å². The van der Waals surface area contributed by atoms with Crippen molar-refractivity contribution < 1.29 is 62.2 Å². The summed E-state index contributed by atoms with van der Waals surface area (Å²) in [5.41, 5.74) is 19.7. The van der Waals surface area contributed by atoms with Crippen molar-refractivity contribution >= 4 is 17.9 Å². The zero-order chi connectivity index (χ0) is 77.6. The summed E-state index contributed by atoms with van der Waals surface area (Å²) < 4.78 is 57.6. The number of esters is 3. The predicted octanol–water partition coefficient (Wildman–Crippen LogP) is 21.6. The van der Waals surface area contributed by atoms with Crippen LogP contribution in [0.1, 0.15) is 151 Å². The lowest BCUT2D eigenvalue weighted by molar-refractivity contribution is -0.139. The van der Waals surface area contributed by atoms with Crippen LogP contribution in [0.5, 0.6) is 11.5 Å². The molecule has 9 rings (SSSR count). The number of aliphatic hydroxyl groups is 3. The second-order valence-electron chi connectivity index (χ2n) is 27.4. The van der Waals surface area contributed by atoms with Crippen molar-refractivity contribution in [3.8, 4) is 78.3 Å². The zero-order valence-corrected chi connectivity index (χ0v) is 64.3. The Bertz CT molecular complexity index is 4330. The van der Waals surface area contributed by atoms with Gasteiger partial charge in [-0.15, -0.1) is 0 Å². The Balaban J connectivity index is 0.000000226. The van der Waals surface area contributed by atoms with Gasteiger partial charge in [0.2, 0.25) is 0 Å². The molecule has 0 saturated carbocycles. The largest absolute Gasteiger partial charge is 0.491 e. The highest BCUT2D eigenvalue weighted by molar-refractivity contribution is 5.88. The van der Waals surface area contributed by atoms with E-state index in [0.717, 1.165) is 91.8 Å². The molecule has 0 aliphatic heterocycles. The van der Waals surface area contributed by atoms with E-state index in [4.69, 9.17) is 28.8 Å². The summed E-state index contributed by atoms with van der Waals surface area (Å²) in [6, 6.07) is 62.2. The summed E-state index contributed by atoms with van der Waals surface area (Å²) in [6.07, 6.45) is 17.8. The highest BCUT2D eigenvalue weighted by Crippen LogP contribution is 2.35. The first-order valence-electron chi connectivity index (χ1n) is 38.3. The fourth-order valence-electron chi connectivity index (χ4n) is 12.4. The number of aryl methyl sites for hydroxylation is 5. The molecule has 13 heteroatoms. The van der Waals surface area contributed by atoms with Crippen LogP contribution in [-0.4, -0.2) is 86.1 Å². The topological polar surface area (TPSA) is 158 Å². The Morgan fingerprint density at radius 1 is 0.306 bits per heavy atom. The second-order valence-corrected chi connectivity index (χ2v) is 27.4. The molecule has 11 nitrogen and oxygen atoms in total. The van der Waals surface area contributed by atoms with Gasteiger partial charge in [0.25, 0.3) is 0 Å². The van der Waals surface area contributed by atoms with Crippen LogP contribution in [0.4, 0.5) is 8.78 Å². The zero-order valence-electron chi connectivity index (χ0n) is 64.3. The van der Waals surface area contributed by atoms with E-state index in [1.807, 2.05) is 66.7 Å². The summed E-state index contributed by atoms with van der Waals surface area (Å²) in [7, 11) is 0. The Hall–Kier alpha value is -10.1. The van der Waals surface area contributed by atoms with E-state index in [0.29, 0.717) is 78.7 Å². The molecule has 0 heterocycles. The lowest BCUT2D eigenvalue weighted by Crippen LogP contribution is -2.09. The number of aliphatic hydroxyl groups excluding tert-OH is 3. The van der Waals surface area contributed by atoms with Crippen molar-refractivity contribution in [2.45, 2.75) is 157 Å². The number of hydrogen-bond donors (Lipinski definition) is 3. The summed E-state index contributed by atoms with van der Waals surface area (Å²) in [6.45, 7) is 23.3. The van der Waals surface area contributed by atoms with Crippen LogP contribution in [0, 0.1) is 11.6 Å². The summed E-state index contributed by atoms with van der Waals surface area (Å²) >= 11 is 0. The number of hydrogen-bond acceptors (Lipinski definition) is 11. The van der Waals surface area contributed by atoms with Gasteiger partial charge in [0.15, 0.2) is 0 Å². The third-order valence-electron chi connectivity index (χ3n) is 18.6. The molecule has 0 aromatic heterocycles. The van der Waals surface area contributed by atoms with E-state index in [9.17, 15) is 24.6 Å². The third kappa shape index (κ3) is 27.6. The van der Waals surface area contributed by atoms with Crippen LogP contribution in [0.2, 0.25) is 0 Å². The normalized spacial score (nSPS) is 10.8.